The van der Waals surface area contributed by atoms with E-state index in [0.717, 1.165) is 42.4 Å². The van der Waals surface area contributed by atoms with E-state index in [2.05, 4.69) is 5.32 Å². The number of nitrogens with one attached hydrogen (secondary N) is 1. The van der Waals surface area contributed by atoms with Crippen molar-refractivity contribution in [2.75, 3.05) is 17.1 Å². The Kier molecular flexibility index (Phi) is 10.1. The molecule has 0 saturated heterocycles. The molecule has 1 N–H and O–H groups in total. The second-order valence-electron chi connectivity index (χ2n) is 10.2. The van der Waals surface area contributed by atoms with Crippen molar-refractivity contribution in [3.8, 4) is 0 Å². The smallest absolute Gasteiger partial charge is 0.243 e. The first kappa shape index (κ1) is 28.7. The molecule has 0 spiro atoms. The van der Waals surface area contributed by atoms with Gasteiger partial charge in [0.15, 0.2) is 0 Å². The average Bonchev–Trinajstić information content (AvgIpc) is 3.35. The molecule has 202 valence electrons. The highest BCUT2D eigenvalue weighted by Gasteiger charge is 2.30. The van der Waals surface area contributed by atoms with Crippen molar-refractivity contribution in [1.29, 1.82) is 0 Å². The Morgan fingerprint density at radius 2 is 1.70 bits per heavy atom. The quantitative estimate of drug-likeness (QED) is 0.433. The molecule has 2 amide bonds. The van der Waals surface area contributed by atoms with Gasteiger partial charge in [-0.1, -0.05) is 61.7 Å². The van der Waals surface area contributed by atoms with Gasteiger partial charge in [0.05, 0.1) is 11.9 Å². The number of carbonyl (C=O) groups is 2. The van der Waals surface area contributed by atoms with Crippen molar-refractivity contribution in [3.63, 3.8) is 0 Å². The summed E-state index contributed by atoms with van der Waals surface area (Å²) in [5.41, 5.74) is 3.65. The number of nitrogens with zero attached hydrogens (tertiary/aromatic N) is 2. The third-order valence-corrected chi connectivity index (χ3v) is 8.20. The van der Waals surface area contributed by atoms with Crippen molar-refractivity contribution in [1.82, 2.24) is 10.2 Å². The van der Waals surface area contributed by atoms with Crippen LogP contribution >= 0.6 is 0 Å². The number of hydrogen-bond donors (Lipinski definition) is 1. The number of rotatable bonds is 12. The van der Waals surface area contributed by atoms with Gasteiger partial charge in [0, 0.05) is 25.6 Å². The highest BCUT2D eigenvalue weighted by molar-refractivity contribution is 7.92. The second-order valence-corrected chi connectivity index (χ2v) is 12.1. The first-order valence-electron chi connectivity index (χ1n) is 13.3. The van der Waals surface area contributed by atoms with Gasteiger partial charge in [-0.15, -0.1) is 0 Å². The lowest BCUT2D eigenvalue weighted by Gasteiger charge is -2.32. The van der Waals surface area contributed by atoms with E-state index in [1.165, 1.54) is 10.6 Å². The molecule has 1 aliphatic rings. The molecule has 2 aromatic carbocycles. The lowest BCUT2D eigenvalue weighted by Crippen LogP contribution is -2.51. The number of benzene rings is 2. The summed E-state index contributed by atoms with van der Waals surface area (Å²) >= 11 is 0. The van der Waals surface area contributed by atoms with Gasteiger partial charge in [-0.3, -0.25) is 13.9 Å². The fourth-order valence-electron chi connectivity index (χ4n) is 4.96. The van der Waals surface area contributed by atoms with Crippen LogP contribution in [0.3, 0.4) is 0 Å². The number of sulfonamides is 1. The number of anilines is 1. The molecule has 3 rings (SSSR count). The fourth-order valence-corrected chi connectivity index (χ4v) is 5.92. The minimum atomic E-state index is -3.51. The molecule has 0 heterocycles. The third kappa shape index (κ3) is 8.32. The third-order valence-electron chi connectivity index (χ3n) is 7.00. The predicted molar refractivity (Wildman–Crippen MR) is 149 cm³/mol. The van der Waals surface area contributed by atoms with Crippen LogP contribution in [-0.2, 0) is 26.2 Å². The minimum absolute atomic E-state index is 0.104. The summed E-state index contributed by atoms with van der Waals surface area (Å²) in [6.07, 6.45) is 6.39. The van der Waals surface area contributed by atoms with Gasteiger partial charge in [-0.25, -0.2) is 8.42 Å². The Morgan fingerprint density at radius 3 is 2.30 bits per heavy atom. The van der Waals surface area contributed by atoms with E-state index < -0.39 is 16.1 Å². The first-order chi connectivity index (χ1) is 17.6. The highest BCUT2D eigenvalue weighted by Crippen LogP contribution is 2.22. The van der Waals surface area contributed by atoms with Gasteiger partial charge in [0.2, 0.25) is 21.8 Å². The van der Waals surface area contributed by atoms with Gasteiger partial charge in [-0.05, 0) is 62.8 Å². The van der Waals surface area contributed by atoms with E-state index in [0.29, 0.717) is 25.1 Å². The molecule has 1 saturated carbocycles. The summed E-state index contributed by atoms with van der Waals surface area (Å²) in [7, 11) is -3.51. The number of carbonyl (C=O) groups excluding carboxylic acids is 2. The molecule has 0 bridgehead atoms. The summed E-state index contributed by atoms with van der Waals surface area (Å²) in [6.45, 7) is 6.38. The van der Waals surface area contributed by atoms with Crippen molar-refractivity contribution >= 4 is 27.5 Å². The van der Waals surface area contributed by atoms with Crippen LogP contribution in [0, 0.1) is 13.8 Å². The van der Waals surface area contributed by atoms with Crippen LogP contribution in [0.4, 0.5) is 5.69 Å². The monoisotopic (exact) mass is 527 g/mol. The first-order valence-corrected chi connectivity index (χ1v) is 15.1. The van der Waals surface area contributed by atoms with Gasteiger partial charge < -0.3 is 10.2 Å². The van der Waals surface area contributed by atoms with Crippen LogP contribution in [0.25, 0.3) is 0 Å². The summed E-state index contributed by atoms with van der Waals surface area (Å²) in [5.74, 6) is -0.251. The predicted octanol–water partition coefficient (Wildman–Crippen LogP) is 4.72. The van der Waals surface area contributed by atoms with Crippen LogP contribution in [0.2, 0.25) is 0 Å². The van der Waals surface area contributed by atoms with E-state index in [9.17, 15) is 18.0 Å². The molecule has 1 aliphatic carbocycles. The minimum Gasteiger partial charge on any atom is -0.352 e. The summed E-state index contributed by atoms with van der Waals surface area (Å²) in [5, 5.41) is 3.16. The summed E-state index contributed by atoms with van der Waals surface area (Å²) < 4.78 is 26.4. The summed E-state index contributed by atoms with van der Waals surface area (Å²) in [6, 6.07) is 14.9. The maximum absolute atomic E-state index is 13.6. The van der Waals surface area contributed by atoms with Crippen molar-refractivity contribution in [2.24, 2.45) is 0 Å². The van der Waals surface area contributed by atoms with Crippen molar-refractivity contribution < 1.29 is 18.0 Å². The SMILES string of the molecule is CCC(C(=O)NC1CCCC1)N(Cc1ccc(C)cc1)C(=O)CCCN(c1cccc(C)c1)S(C)(=O)=O. The zero-order valence-corrected chi connectivity index (χ0v) is 23.4. The van der Waals surface area contributed by atoms with E-state index in [-0.39, 0.29) is 30.8 Å². The van der Waals surface area contributed by atoms with Gasteiger partial charge in [0.25, 0.3) is 0 Å². The fraction of sp³-hybridized carbons (Fsp3) is 0.517. The molecule has 1 fully saturated rings. The molecule has 2 aromatic rings. The molecule has 7 nitrogen and oxygen atoms in total. The normalized spacial score (nSPS) is 14.8. The molecule has 0 radical (unpaired) electrons. The van der Waals surface area contributed by atoms with E-state index in [1.54, 1.807) is 11.0 Å². The number of amides is 2. The summed E-state index contributed by atoms with van der Waals surface area (Å²) in [4.78, 5) is 28.5. The maximum atomic E-state index is 13.6. The maximum Gasteiger partial charge on any atom is 0.243 e. The van der Waals surface area contributed by atoms with Crippen molar-refractivity contribution in [2.45, 2.75) is 84.3 Å². The second kappa shape index (κ2) is 13.1. The Labute approximate surface area is 222 Å². The zero-order valence-electron chi connectivity index (χ0n) is 22.6. The topological polar surface area (TPSA) is 86.8 Å². The Hall–Kier alpha value is -2.87. The molecule has 0 aromatic heterocycles. The molecule has 37 heavy (non-hydrogen) atoms. The Morgan fingerprint density at radius 1 is 1.03 bits per heavy atom. The molecule has 0 aliphatic heterocycles. The molecule has 1 atom stereocenters. The van der Waals surface area contributed by atoms with E-state index in [1.807, 2.05) is 63.2 Å². The Balaban J connectivity index is 1.75. The van der Waals surface area contributed by atoms with E-state index in [4.69, 9.17) is 0 Å². The van der Waals surface area contributed by atoms with Crippen LogP contribution in [-0.4, -0.2) is 50.0 Å². The number of hydrogen-bond acceptors (Lipinski definition) is 4. The van der Waals surface area contributed by atoms with Gasteiger partial charge in [0.1, 0.15) is 6.04 Å². The van der Waals surface area contributed by atoms with Crippen LogP contribution in [0.5, 0.6) is 0 Å². The molecular formula is C29H41N3O4S. The van der Waals surface area contributed by atoms with Gasteiger partial charge >= 0.3 is 0 Å². The lowest BCUT2D eigenvalue weighted by molar-refractivity contribution is -0.141. The van der Waals surface area contributed by atoms with Crippen LogP contribution in [0.1, 0.15) is 68.6 Å². The molecular weight excluding hydrogens is 486 g/mol. The van der Waals surface area contributed by atoms with Crippen LogP contribution < -0.4 is 9.62 Å². The zero-order chi connectivity index (χ0) is 27.0. The average molecular weight is 528 g/mol. The van der Waals surface area contributed by atoms with E-state index >= 15 is 0 Å². The van der Waals surface area contributed by atoms with Crippen LogP contribution in [0.15, 0.2) is 48.5 Å². The van der Waals surface area contributed by atoms with Gasteiger partial charge in [-0.2, -0.15) is 0 Å². The molecule has 8 heteroatoms. The lowest BCUT2D eigenvalue weighted by atomic mass is 10.1. The largest absolute Gasteiger partial charge is 0.352 e. The molecule has 1 unspecified atom stereocenters. The number of aryl methyl sites for hydroxylation is 2. The Bertz CT molecular complexity index is 1160. The van der Waals surface area contributed by atoms with Crippen molar-refractivity contribution in [3.05, 3.63) is 65.2 Å². The highest BCUT2D eigenvalue weighted by atomic mass is 32.2. The standard InChI is InChI=1S/C29H41N3O4S/c1-5-27(29(34)30-25-11-6-7-12-25)31(21-24-17-15-22(2)16-18-24)28(33)14-9-19-32(37(4,35)36)26-13-8-10-23(3)20-26/h8,10,13,15-18,20,25,27H,5-7,9,11-12,14,19,21H2,1-4H3,(H,30,34).